The number of nitrogens with zero attached hydrogens (tertiary/aromatic N) is 3. The van der Waals surface area contributed by atoms with Crippen LogP contribution < -0.4 is 5.32 Å². The maximum absolute atomic E-state index is 12.9. The van der Waals surface area contributed by atoms with Gasteiger partial charge in [0.1, 0.15) is 23.5 Å². The zero-order chi connectivity index (χ0) is 32.1. The predicted octanol–water partition coefficient (Wildman–Crippen LogP) is 6.26. The molecule has 3 rings (SSSR count). The van der Waals surface area contributed by atoms with E-state index in [1.807, 2.05) is 53.4 Å². The van der Waals surface area contributed by atoms with E-state index in [0.717, 1.165) is 34.1 Å². The van der Waals surface area contributed by atoms with Crippen LogP contribution in [-0.2, 0) is 19.0 Å². The number of alkyl carbamates (subject to hydrolysis) is 1. The topological polar surface area (TPSA) is 112 Å². The van der Waals surface area contributed by atoms with Gasteiger partial charge in [0.15, 0.2) is 0 Å². The molecule has 0 saturated heterocycles. The van der Waals surface area contributed by atoms with Crippen molar-refractivity contribution in [2.75, 3.05) is 33.4 Å². The van der Waals surface area contributed by atoms with E-state index in [4.69, 9.17) is 19.2 Å². The van der Waals surface area contributed by atoms with Crippen LogP contribution in [0.5, 0.6) is 0 Å². The summed E-state index contributed by atoms with van der Waals surface area (Å²) in [6.07, 6.45) is 6.18. The molecule has 1 unspecified atom stereocenters. The minimum atomic E-state index is -0.635. The van der Waals surface area contributed by atoms with Gasteiger partial charge in [-0.05, 0) is 102 Å². The summed E-state index contributed by atoms with van der Waals surface area (Å²) in [7, 11) is 1.52. The summed E-state index contributed by atoms with van der Waals surface area (Å²) in [4.78, 5) is 44.3. The molecule has 2 amide bonds. The van der Waals surface area contributed by atoms with Crippen molar-refractivity contribution >= 4 is 34.7 Å². The normalized spacial score (nSPS) is 15.5. The van der Waals surface area contributed by atoms with Gasteiger partial charge in [-0.3, -0.25) is 4.79 Å². The Balaban J connectivity index is 1.99. The van der Waals surface area contributed by atoms with Crippen LogP contribution >= 0.6 is 0 Å². The molecule has 0 aliphatic carbocycles. The van der Waals surface area contributed by atoms with E-state index in [0.29, 0.717) is 31.7 Å². The third-order valence-corrected chi connectivity index (χ3v) is 7.16. The largest absolute Gasteiger partial charge is 0.444 e. The molecule has 3 heterocycles. The second-order valence-corrected chi connectivity index (χ2v) is 13.3. The van der Waals surface area contributed by atoms with Gasteiger partial charge < -0.3 is 24.4 Å². The second-order valence-electron chi connectivity index (χ2n) is 13.3. The zero-order valence-electron chi connectivity index (χ0n) is 27.4. The summed E-state index contributed by atoms with van der Waals surface area (Å²) in [6.45, 7) is 18.8. The number of hydrogen-bond donors (Lipinski definition) is 1. The third kappa shape index (κ3) is 9.41. The third-order valence-electron chi connectivity index (χ3n) is 7.16. The van der Waals surface area contributed by atoms with Crippen LogP contribution in [0.3, 0.4) is 0 Å². The van der Waals surface area contributed by atoms with E-state index in [1.165, 1.54) is 17.3 Å². The number of ether oxygens (including phenoxy) is 3. The molecule has 10 nitrogen and oxygen atoms in total. The van der Waals surface area contributed by atoms with Gasteiger partial charge in [0.25, 0.3) is 0 Å². The minimum Gasteiger partial charge on any atom is -0.444 e. The Morgan fingerprint density at radius 3 is 2.40 bits per heavy atom. The van der Waals surface area contributed by atoms with Crippen LogP contribution in [0.2, 0.25) is 0 Å². The molecular weight excluding hydrogens is 548 g/mol. The Morgan fingerprint density at radius 2 is 1.77 bits per heavy atom. The fraction of sp³-hybridized carbons (Fsp3) is 0.576. The monoisotopic (exact) mass is 596 g/mol. The highest BCUT2D eigenvalue weighted by molar-refractivity contribution is 5.91. The standard InChI is InChI=1S/C33H48N4O6/c1-21-12-14-36(28(38)20-41-10)19-25(21)16-26(22(2)11-13-34-30(39)42-32(4,5)6)24-15-27-23(3)18-37(29(27)35-17-24)31(40)43-33(7,8)9/h15-18,22H,11-14,19-20H2,1-10H3,(H,34,39)/b26-16+. The number of carbonyl (C=O) groups is 3. The Hall–Kier alpha value is -3.66. The summed E-state index contributed by atoms with van der Waals surface area (Å²) >= 11 is 0. The van der Waals surface area contributed by atoms with Gasteiger partial charge >= 0.3 is 12.2 Å². The molecule has 236 valence electrons. The molecule has 0 aromatic carbocycles. The van der Waals surface area contributed by atoms with Crippen molar-refractivity contribution in [3.8, 4) is 0 Å². The minimum absolute atomic E-state index is 0.0211. The van der Waals surface area contributed by atoms with E-state index < -0.39 is 23.4 Å². The highest BCUT2D eigenvalue weighted by atomic mass is 16.6. The van der Waals surface area contributed by atoms with E-state index in [9.17, 15) is 14.4 Å². The van der Waals surface area contributed by atoms with E-state index >= 15 is 0 Å². The maximum Gasteiger partial charge on any atom is 0.420 e. The van der Waals surface area contributed by atoms with Gasteiger partial charge in [-0.1, -0.05) is 18.6 Å². The van der Waals surface area contributed by atoms with Crippen molar-refractivity contribution in [3.63, 3.8) is 0 Å². The Kier molecular flexibility index (Phi) is 10.8. The molecule has 0 fully saturated rings. The number of rotatable bonds is 8. The number of aryl methyl sites for hydroxylation is 1. The van der Waals surface area contributed by atoms with Gasteiger partial charge in [0, 0.05) is 44.5 Å². The SMILES string of the molecule is COCC(=O)N1CCC(C)=C(/C=C(/c2cnc3c(c2)c(C)cn3C(=O)OC(C)(C)C)C(C)CCNC(=O)OC(C)(C)C)C1. The van der Waals surface area contributed by atoms with E-state index in [2.05, 4.69) is 31.3 Å². The number of hydrogen-bond acceptors (Lipinski definition) is 7. The van der Waals surface area contributed by atoms with Crippen LogP contribution in [0.15, 0.2) is 35.7 Å². The molecule has 0 spiro atoms. The summed E-state index contributed by atoms with van der Waals surface area (Å²) in [6, 6.07) is 2.05. The lowest BCUT2D eigenvalue weighted by Crippen LogP contribution is -2.38. The number of aromatic nitrogens is 2. The highest BCUT2D eigenvalue weighted by Crippen LogP contribution is 2.32. The molecule has 0 radical (unpaired) electrons. The first-order valence-corrected chi connectivity index (χ1v) is 14.8. The first kappa shape index (κ1) is 33.8. The first-order chi connectivity index (χ1) is 20.0. The zero-order valence-corrected chi connectivity index (χ0v) is 27.4. The van der Waals surface area contributed by atoms with Crippen molar-refractivity contribution in [2.24, 2.45) is 5.92 Å². The molecule has 1 aliphatic rings. The molecule has 1 aliphatic heterocycles. The average Bonchev–Trinajstić information content (AvgIpc) is 3.22. The van der Waals surface area contributed by atoms with Crippen LogP contribution in [0, 0.1) is 12.8 Å². The number of carbonyl (C=O) groups excluding carboxylic acids is 3. The summed E-state index contributed by atoms with van der Waals surface area (Å²) < 4.78 is 17.5. The fourth-order valence-electron chi connectivity index (χ4n) is 4.91. The van der Waals surface area contributed by atoms with Crippen LogP contribution in [0.4, 0.5) is 9.59 Å². The van der Waals surface area contributed by atoms with Gasteiger partial charge in [0.2, 0.25) is 5.91 Å². The van der Waals surface area contributed by atoms with Gasteiger partial charge in [-0.2, -0.15) is 0 Å². The number of fused-ring (bicyclic) bond motifs is 1. The van der Waals surface area contributed by atoms with Gasteiger partial charge in [-0.15, -0.1) is 0 Å². The molecule has 0 saturated carbocycles. The van der Waals surface area contributed by atoms with E-state index in [-0.39, 0.29) is 18.4 Å². The number of amides is 2. The number of allylic oxidation sites excluding steroid dienone is 1. The van der Waals surface area contributed by atoms with Crippen molar-refractivity contribution in [3.05, 3.63) is 46.8 Å². The lowest BCUT2D eigenvalue weighted by atomic mass is 9.88. The summed E-state index contributed by atoms with van der Waals surface area (Å²) in [5.41, 5.74) is 4.44. The predicted molar refractivity (Wildman–Crippen MR) is 168 cm³/mol. The maximum atomic E-state index is 12.9. The molecule has 0 bridgehead atoms. The number of methoxy groups -OCH3 is 1. The lowest BCUT2D eigenvalue weighted by molar-refractivity contribution is -0.134. The molecule has 2 aromatic heterocycles. The van der Waals surface area contributed by atoms with Crippen LogP contribution in [0.25, 0.3) is 16.6 Å². The second kappa shape index (κ2) is 13.8. The van der Waals surface area contributed by atoms with Gasteiger partial charge in [0.05, 0.1) is 0 Å². The fourth-order valence-corrected chi connectivity index (χ4v) is 4.91. The van der Waals surface area contributed by atoms with Crippen LogP contribution in [-0.4, -0.2) is 77.1 Å². The quantitative estimate of drug-likeness (QED) is 0.383. The highest BCUT2D eigenvalue weighted by Gasteiger charge is 2.24. The Bertz CT molecular complexity index is 1410. The summed E-state index contributed by atoms with van der Waals surface area (Å²) in [5, 5.41) is 3.71. The van der Waals surface area contributed by atoms with E-state index in [1.54, 1.807) is 12.4 Å². The molecule has 1 N–H and O–H groups in total. The lowest BCUT2D eigenvalue weighted by Gasteiger charge is -2.30. The average molecular weight is 597 g/mol. The molecule has 43 heavy (non-hydrogen) atoms. The first-order valence-electron chi connectivity index (χ1n) is 14.8. The van der Waals surface area contributed by atoms with Crippen molar-refractivity contribution in [2.45, 2.75) is 86.4 Å². The van der Waals surface area contributed by atoms with Crippen molar-refractivity contribution in [1.29, 1.82) is 0 Å². The van der Waals surface area contributed by atoms with Crippen molar-refractivity contribution < 1.29 is 28.6 Å². The smallest absolute Gasteiger partial charge is 0.420 e. The Morgan fingerprint density at radius 1 is 1.09 bits per heavy atom. The van der Waals surface area contributed by atoms with Crippen LogP contribution in [0.1, 0.15) is 79.4 Å². The van der Waals surface area contributed by atoms with Crippen molar-refractivity contribution in [1.82, 2.24) is 19.8 Å². The molecular formula is C33H48N4O6. The number of pyridine rings is 1. The summed E-state index contributed by atoms with van der Waals surface area (Å²) in [5.74, 6) is -0.0213. The molecule has 2 aromatic rings. The van der Waals surface area contributed by atoms with Gasteiger partial charge in [-0.25, -0.2) is 19.1 Å². The number of nitrogens with one attached hydrogen (secondary N) is 1. The Labute approximate surface area is 255 Å². The molecule has 10 heteroatoms. The molecule has 1 atom stereocenters.